The van der Waals surface area contributed by atoms with Gasteiger partial charge in [0.15, 0.2) is 11.0 Å². The summed E-state index contributed by atoms with van der Waals surface area (Å²) >= 11 is 3.36. The van der Waals surface area contributed by atoms with Crippen molar-refractivity contribution in [3.8, 4) is 10.7 Å². The lowest BCUT2D eigenvalue weighted by Crippen LogP contribution is -1.99. The molecule has 0 saturated carbocycles. The summed E-state index contributed by atoms with van der Waals surface area (Å²) in [5, 5.41) is 11.7. The summed E-state index contributed by atoms with van der Waals surface area (Å²) in [6.45, 7) is 2.98. The molecule has 0 fully saturated rings. The van der Waals surface area contributed by atoms with Crippen molar-refractivity contribution in [3.63, 3.8) is 0 Å². The summed E-state index contributed by atoms with van der Waals surface area (Å²) in [6, 6.07) is 10.1. The molecule has 0 spiro atoms. The van der Waals surface area contributed by atoms with E-state index in [1.54, 1.807) is 23.1 Å². The first-order valence-electron chi connectivity index (χ1n) is 7.37. The number of hydrogen-bond donors (Lipinski definition) is 0. The van der Waals surface area contributed by atoms with Gasteiger partial charge in [0, 0.05) is 24.7 Å². The number of aromatic nitrogens is 5. The molecule has 0 aliphatic rings. The monoisotopic (exact) mass is 341 g/mol. The van der Waals surface area contributed by atoms with Crippen molar-refractivity contribution in [2.45, 2.75) is 24.4 Å². The third-order valence-corrected chi connectivity index (χ3v) is 5.40. The van der Waals surface area contributed by atoms with Crippen LogP contribution in [0, 0.1) is 0 Å². The van der Waals surface area contributed by atoms with Crippen LogP contribution in [0.5, 0.6) is 0 Å². The van der Waals surface area contributed by atoms with Crippen LogP contribution >= 0.6 is 23.1 Å². The van der Waals surface area contributed by atoms with E-state index < -0.39 is 0 Å². The molecule has 0 atom stereocenters. The van der Waals surface area contributed by atoms with Crippen molar-refractivity contribution in [2.24, 2.45) is 0 Å². The van der Waals surface area contributed by atoms with E-state index in [4.69, 9.17) is 0 Å². The van der Waals surface area contributed by atoms with Gasteiger partial charge in [-0.25, -0.2) is 4.98 Å². The Morgan fingerprint density at radius 2 is 2.13 bits per heavy atom. The van der Waals surface area contributed by atoms with Gasteiger partial charge in [0.2, 0.25) is 0 Å². The Hall–Kier alpha value is -2.12. The molecule has 0 aliphatic heterocycles. The van der Waals surface area contributed by atoms with E-state index in [0.717, 1.165) is 39.5 Å². The third kappa shape index (κ3) is 2.77. The summed E-state index contributed by atoms with van der Waals surface area (Å²) in [6.07, 6.45) is 4.08. The van der Waals surface area contributed by atoms with Gasteiger partial charge in [-0.15, -0.1) is 21.5 Å². The first-order chi connectivity index (χ1) is 11.3. The maximum atomic E-state index is 4.63. The Balaban J connectivity index is 1.57. The Labute approximate surface area is 142 Å². The number of thiophene rings is 1. The van der Waals surface area contributed by atoms with E-state index in [1.807, 2.05) is 34.9 Å². The second-order valence-corrected chi connectivity index (χ2v) is 6.90. The van der Waals surface area contributed by atoms with E-state index in [1.165, 1.54) is 0 Å². The first kappa shape index (κ1) is 14.5. The van der Waals surface area contributed by atoms with Gasteiger partial charge in [0.1, 0.15) is 5.65 Å². The van der Waals surface area contributed by atoms with E-state index in [-0.39, 0.29) is 0 Å². The number of nitrogens with zero attached hydrogens (tertiary/aromatic N) is 5. The lowest BCUT2D eigenvalue weighted by Gasteiger charge is -2.05. The summed E-state index contributed by atoms with van der Waals surface area (Å²) in [7, 11) is 0. The van der Waals surface area contributed by atoms with Gasteiger partial charge < -0.3 is 8.97 Å². The van der Waals surface area contributed by atoms with Crippen molar-refractivity contribution in [2.75, 3.05) is 0 Å². The molecule has 0 aromatic carbocycles. The smallest absolute Gasteiger partial charge is 0.191 e. The molecular weight excluding hydrogens is 326 g/mol. The number of thioether (sulfide) groups is 1. The third-order valence-electron chi connectivity index (χ3n) is 3.54. The summed E-state index contributed by atoms with van der Waals surface area (Å²) in [4.78, 5) is 5.78. The lowest BCUT2D eigenvalue weighted by molar-refractivity contribution is 0.688. The molecule has 0 bridgehead atoms. The molecule has 4 rings (SSSR count). The van der Waals surface area contributed by atoms with Gasteiger partial charge in [-0.1, -0.05) is 23.9 Å². The molecule has 0 N–H and O–H groups in total. The number of hydrogen-bond acceptors (Lipinski definition) is 5. The van der Waals surface area contributed by atoms with E-state index in [2.05, 4.69) is 44.3 Å². The Kier molecular flexibility index (Phi) is 3.88. The van der Waals surface area contributed by atoms with Crippen LogP contribution in [0.1, 0.15) is 12.6 Å². The lowest BCUT2D eigenvalue weighted by atomic mass is 10.4. The molecular formula is C16H15N5S2. The second-order valence-electron chi connectivity index (χ2n) is 5.01. The highest BCUT2D eigenvalue weighted by Gasteiger charge is 2.14. The molecule has 4 aromatic rings. The van der Waals surface area contributed by atoms with Gasteiger partial charge >= 0.3 is 0 Å². The minimum atomic E-state index is 0.782. The number of pyridine rings is 1. The number of imidazole rings is 1. The fourth-order valence-electron chi connectivity index (χ4n) is 2.46. The predicted octanol–water partition coefficient (Wildman–Crippen LogP) is 3.97. The zero-order valence-electron chi connectivity index (χ0n) is 12.6. The average molecular weight is 341 g/mol. The Morgan fingerprint density at radius 3 is 2.91 bits per heavy atom. The zero-order chi connectivity index (χ0) is 15.6. The predicted molar refractivity (Wildman–Crippen MR) is 93.8 cm³/mol. The summed E-state index contributed by atoms with van der Waals surface area (Å²) in [5.74, 6) is 1.73. The van der Waals surface area contributed by atoms with E-state index in [9.17, 15) is 0 Å². The van der Waals surface area contributed by atoms with Gasteiger partial charge in [-0.2, -0.15) is 0 Å². The van der Waals surface area contributed by atoms with Crippen molar-refractivity contribution in [3.05, 3.63) is 53.8 Å². The number of rotatable bonds is 5. The maximum absolute atomic E-state index is 4.63. The minimum Gasteiger partial charge on any atom is -0.307 e. The zero-order valence-corrected chi connectivity index (χ0v) is 14.2. The van der Waals surface area contributed by atoms with E-state index in [0.29, 0.717) is 0 Å². The fourth-order valence-corrected chi connectivity index (χ4v) is 4.07. The normalized spacial score (nSPS) is 11.3. The average Bonchev–Trinajstić information content (AvgIpc) is 3.30. The van der Waals surface area contributed by atoms with Crippen LogP contribution in [0.4, 0.5) is 0 Å². The largest absolute Gasteiger partial charge is 0.307 e. The second kappa shape index (κ2) is 6.17. The fraction of sp³-hybridized carbons (Fsp3) is 0.188. The molecule has 116 valence electrons. The molecule has 4 aromatic heterocycles. The molecule has 0 aliphatic carbocycles. The maximum Gasteiger partial charge on any atom is 0.191 e. The molecule has 0 saturated heterocycles. The molecule has 5 nitrogen and oxygen atoms in total. The van der Waals surface area contributed by atoms with Crippen LogP contribution < -0.4 is 0 Å². The summed E-state index contributed by atoms with van der Waals surface area (Å²) in [5.41, 5.74) is 2.02. The van der Waals surface area contributed by atoms with Gasteiger partial charge in [0.05, 0.1) is 10.6 Å². The minimum absolute atomic E-state index is 0.782. The van der Waals surface area contributed by atoms with E-state index >= 15 is 0 Å². The van der Waals surface area contributed by atoms with Crippen LogP contribution in [-0.2, 0) is 12.3 Å². The molecule has 23 heavy (non-hydrogen) atoms. The number of fused-ring (bicyclic) bond motifs is 1. The van der Waals surface area contributed by atoms with Gasteiger partial charge in [0.25, 0.3) is 0 Å². The highest BCUT2D eigenvalue weighted by atomic mass is 32.2. The first-order valence-corrected chi connectivity index (χ1v) is 9.24. The molecule has 0 amide bonds. The van der Waals surface area contributed by atoms with Crippen molar-refractivity contribution in [1.29, 1.82) is 0 Å². The standard InChI is InChI=1S/C16H15N5S2/c1-2-21-15(13-6-5-9-22-13)18-19-16(21)23-11-12-10-20-8-4-3-7-14(20)17-12/h3-10H,2,11H2,1H3. The molecule has 0 unspecified atom stereocenters. The highest BCUT2D eigenvalue weighted by molar-refractivity contribution is 7.98. The van der Waals surface area contributed by atoms with Crippen molar-refractivity contribution >= 4 is 28.7 Å². The van der Waals surface area contributed by atoms with Crippen molar-refractivity contribution < 1.29 is 0 Å². The van der Waals surface area contributed by atoms with Crippen LogP contribution in [0.15, 0.2) is 53.3 Å². The van der Waals surface area contributed by atoms with Gasteiger partial charge in [-0.3, -0.25) is 0 Å². The molecule has 7 heteroatoms. The SMILES string of the molecule is CCn1c(SCc2cn3ccccc3n2)nnc1-c1cccs1. The Morgan fingerprint density at radius 1 is 1.17 bits per heavy atom. The van der Waals surface area contributed by atoms with Crippen molar-refractivity contribution in [1.82, 2.24) is 24.1 Å². The summed E-state index contributed by atoms with van der Waals surface area (Å²) < 4.78 is 4.20. The van der Waals surface area contributed by atoms with Crippen LogP contribution in [-0.4, -0.2) is 24.1 Å². The van der Waals surface area contributed by atoms with Crippen LogP contribution in [0.3, 0.4) is 0 Å². The molecule has 4 heterocycles. The topological polar surface area (TPSA) is 48.0 Å². The Bertz CT molecular complexity index is 890. The quantitative estimate of drug-likeness (QED) is 0.515. The van der Waals surface area contributed by atoms with Crippen LogP contribution in [0.25, 0.3) is 16.3 Å². The van der Waals surface area contributed by atoms with Crippen LogP contribution in [0.2, 0.25) is 0 Å². The molecule has 0 radical (unpaired) electrons. The van der Waals surface area contributed by atoms with Gasteiger partial charge in [-0.05, 0) is 30.5 Å². The highest BCUT2D eigenvalue weighted by Crippen LogP contribution is 2.28.